The SMILES string of the molecule is CCCCCCCCCC(CCS(C)(=O)=O)NCCC. The number of hydrogen-bond donors (Lipinski definition) is 1. The van der Waals surface area contributed by atoms with Crippen molar-refractivity contribution < 1.29 is 8.42 Å². The van der Waals surface area contributed by atoms with Gasteiger partial charge in [-0.3, -0.25) is 0 Å². The maximum atomic E-state index is 11.3. The maximum Gasteiger partial charge on any atom is 0.147 e. The minimum absolute atomic E-state index is 0.310. The second-order valence-corrected chi connectivity index (χ2v) is 8.24. The second-order valence-electron chi connectivity index (χ2n) is 5.98. The lowest BCUT2D eigenvalue weighted by Gasteiger charge is -2.18. The van der Waals surface area contributed by atoms with Gasteiger partial charge in [0.15, 0.2) is 0 Å². The second kappa shape index (κ2) is 12.6. The van der Waals surface area contributed by atoms with Gasteiger partial charge in [-0.25, -0.2) is 8.42 Å². The Morgan fingerprint density at radius 3 is 2.00 bits per heavy atom. The van der Waals surface area contributed by atoms with Crippen molar-refractivity contribution in [2.24, 2.45) is 0 Å². The monoisotopic (exact) mass is 305 g/mol. The highest BCUT2D eigenvalue weighted by Crippen LogP contribution is 2.11. The first-order chi connectivity index (χ1) is 9.49. The van der Waals surface area contributed by atoms with Crippen molar-refractivity contribution >= 4 is 9.84 Å². The fraction of sp³-hybridized carbons (Fsp3) is 1.00. The van der Waals surface area contributed by atoms with Crippen LogP contribution < -0.4 is 5.32 Å². The molecule has 1 N–H and O–H groups in total. The first-order valence-electron chi connectivity index (χ1n) is 8.40. The van der Waals surface area contributed by atoms with Crippen LogP contribution in [0.2, 0.25) is 0 Å². The minimum atomic E-state index is -2.83. The highest BCUT2D eigenvalue weighted by Gasteiger charge is 2.11. The maximum absolute atomic E-state index is 11.3. The fourth-order valence-corrected chi connectivity index (χ4v) is 3.11. The molecule has 3 nitrogen and oxygen atoms in total. The Labute approximate surface area is 126 Å². The molecule has 0 aromatic heterocycles. The third-order valence-corrected chi connectivity index (χ3v) is 4.65. The standard InChI is InChI=1S/C16H35NO2S/c1-4-6-7-8-9-10-11-12-16(17-14-5-2)13-15-20(3,18)19/h16-17H,4-15H2,1-3H3. The van der Waals surface area contributed by atoms with Gasteiger partial charge < -0.3 is 5.32 Å². The van der Waals surface area contributed by atoms with Crippen LogP contribution in [0.3, 0.4) is 0 Å². The summed E-state index contributed by atoms with van der Waals surface area (Å²) in [6, 6.07) is 0.375. The zero-order valence-electron chi connectivity index (χ0n) is 13.8. The van der Waals surface area contributed by atoms with Gasteiger partial charge in [0.05, 0.1) is 5.75 Å². The van der Waals surface area contributed by atoms with Crippen LogP contribution in [-0.2, 0) is 9.84 Å². The van der Waals surface area contributed by atoms with Crippen LogP contribution in [-0.4, -0.2) is 33.0 Å². The first kappa shape index (κ1) is 19.9. The molecule has 122 valence electrons. The summed E-state index contributed by atoms with van der Waals surface area (Å²) in [5.74, 6) is 0.310. The predicted molar refractivity (Wildman–Crippen MR) is 89.0 cm³/mol. The van der Waals surface area contributed by atoms with Crippen LogP contribution in [0, 0.1) is 0 Å². The summed E-state index contributed by atoms with van der Waals surface area (Å²) in [5.41, 5.74) is 0. The van der Waals surface area contributed by atoms with Crippen molar-refractivity contribution in [2.45, 2.75) is 84.1 Å². The summed E-state index contributed by atoms with van der Waals surface area (Å²) in [5, 5.41) is 3.49. The molecule has 0 aliphatic carbocycles. The molecule has 0 heterocycles. The Morgan fingerprint density at radius 1 is 0.850 bits per heavy atom. The van der Waals surface area contributed by atoms with Crippen LogP contribution in [0.5, 0.6) is 0 Å². The van der Waals surface area contributed by atoms with E-state index in [9.17, 15) is 8.42 Å². The van der Waals surface area contributed by atoms with E-state index in [0.717, 1.165) is 25.8 Å². The molecule has 0 spiro atoms. The smallest absolute Gasteiger partial charge is 0.147 e. The summed E-state index contributed by atoms with van der Waals surface area (Å²) in [4.78, 5) is 0. The lowest BCUT2D eigenvalue weighted by molar-refractivity contribution is 0.441. The van der Waals surface area contributed by atoms with E-state index >= 15 is 0 Å². The molecule has 0 bridgehead atoms. The Balaban J connectivity index is 3.75. The Hall–Kier alpha value is -0.0900. The fourth-order valence-electron chi connectivity index (χ4n) is 2.40. The molecular formula is C16H35NO2S. The number of unbranched alkanes of at least 4 members (excludes halogenated alkanes) is 6. The quantitative estimate of drug-likeness (QED) is 0.495. The van der Waals surface area contributed by atoms with Crippen molar-refractivity contribution in [3.63, 3.8) is 0 Å². The van der Waals surface area contributed by atoms with Gasteiger partial charge in [-0.1, -0.05) is 58.8 Å². The summed E-state index contributed by atoms with van der Waals surface area (Å²) < 4.78 is 22.5. The van der Waals surface area contributed by atoms with Gasteiger partial charge in [-0.05, 0) is 25.8 Å². The third-order valence-electron chi connectivity index (χ3n) is 3.68. The lowest BCUT2D eigenvalue weighted by atomic mass is 10.0. The molecule has 0 aliphatic rings. The average molecular weight is 306 g/mol. The molecule has 0 aliphatic heterocycles. The minimum Gasteiger partial charge on any atom is -0.314 e. The average Bonchev–Trinajstić information content (AvgIpc) is 2.39. The molecule has 20 heavy (non-hydrogen) atoms. The van der Waals surface area contributed by atoms with E-state index in [1.807, 2.05) is 0 Å². The van der Waals surface area contributed by atoms with E-state index in [4.69, 9.17) is 0 Å². The number of rotatable bonds is 14. The van der Waals surface area contributed by atoms with Crippen LogP contribution >= 0.6 is 0 Å². The predicted octanol–water partition coefficient (Wildman–Crippen LogP) is 3.93. The van der Waals surface area contributed by atoms with E-state index in [0.29, 0.717) is 11.8 Å². The van der Waals surface area contributed by atoms with E-state index in [2.05, 4.69) is 19.2 Å². The molecule has 0 radical (unpaired) electrons. The number of nitrogens with one attached hydrogen (secondary N) is 1. The topological polar surface area (TPSA) is 46.2 Å². The van der Waals surface area contributed by atoms with Crippen LogP contribution in [0.15, 0.2) is 0 Å². The van der Waals surface area contributed by atoms with Gasteiger partial charge in [0.2, 0.25) is 0 Å². The zero-order chi connectivity index (χ0) is 15.3. The van der Waals surface area contributed by atoms with Crippen molar-refractivity contribution in [1.29, 1.82) is 0 Å². The Kier molecular flexibility index (Phi) is 12.6. The van der Waals surface area contributed by atoms with Crippen LogP contribution in [0.25, 0.3) is 0 Å². The van der Waals surface area contributed by atoms with E-state index in [1.54, 1.807) is 0 Å². The van der Waals surface area contributed by atoms with Crippen molar-refractivity contribution in [1.82, 2.24) is 5.32 Å². The van der Waals surface area contributed by atoms with Crippen molar-refractivity contribution in [3.05, 3.63) is 0 Å². The van der Waals surface area contributed by atoms with Crippen molar-refractivity contribution in [2.75, 3.05) is 18.6 Å². The van der Waals surface area contributed by atoms with Gasteiger partial charge in [0.1, 0.15) is 9.84 Å². The molecule has 0 saturated heterocycles. The summed E-state index contributed by atoms with van der Waals surface area (Å²) >= 11 is 0. The molecule has 4 heteroatoms. The normalized spacial score (nSPS) is 13.6. The van der Waals surface area contributed by atoms with Crippen molar-refractivity contribution in [3.8, 4) is 0 Å². The zero-order valence-corrected chi connectivity index (χ0v) is 14.6. The molecule has 0 rings (SSSR count). The molecular weight excluding hydrogens is 270 g/mol. The van der Waals surface area contributed by atoms with Crippen LogP contribution in [0.1, 0.15) is 78.1 Å². The lowest BCUT2D eigenvalue weighted by Crippen LogP contribution is -2.31. The van der Waals surface area contributed by atoms with E-state index < -0.39 is 9.84 Å². The molecule has 1 atom stereocenters. The molecule has 1 unspecified atom stereocenters. The van der Waals surface area contributed by atoms with E-state index in [-0.39, 0.29) is 0 Å². The molecule has 0 aromatic carbocycles. The molecule has 0 saturated carbocycles. The largest absolute Gasteiger partial charge is 0.314 e. The first-order valence-corrected chi connectivity index (χ1v) is 10.5. The Bertz CT molecular complexity index is 302. The van der Waals surface area contributed by atoms with Gasteiger partial charge in [0.25, 0.3) is 0 Å². The Morgan fingerprint density at radius 2 is 1.45 bits per heavy atom. The highest BCUT2D eigenvalue weighted by molar-refractivity contribution is 7.90. The summed E-state index contributed by atoms with van der Waals surface area (Å²) in [6.07, 6.45) is 13.5. The van der Waals surface area contributed by atoms with Crippen LogP contribution in [0.4, 0.5) is 0 Å². The number of sulfone groups is 1. The van der Waals surface area contributed by atoms with Gasteiger partial charge in [-0.15, -0.1) is 0 Å². The molecule has 0 aromatic rings. The summed E-state index contributed by atoms with van der Waals surface area (Å²) in [6.45, 7) is 5.38. The van der Waals surface area contributed by atoms with Gasteiger partial charge in [-0.2, -0.15) is 0 Å². The summed E-state index contributed by atoms with van der Waals surface area (Å²) in [7, 11) is -2.83. The molecule has 0 fully saturated rings. The molecule has 0 amide bonds. The van der Waals surface area contributed by atoms with Gasteiger partial charge in [0, 0.05) is 12.3 Å². The highest BCUT2D eigenvalue weighted by atomic mass is 32.2. The van der Waals surface area contributed by atoms with E-state index in [1.165, 1.54) is 51.2 Å². The van der Waals surface area contributed by atoms with Gasteiger partial charge >= 0.3 is 0 Å². The number of hydrogen-bond acceptors (Lipinski definition) is 3. The third kappa shape index (κ3) is 14.3.